The zero-order valence-electron chi connectivity index (χ0n) is 9.71. The normalized spacial score (nSPS) is 29.1. The topological polar surface area (TPSA) is 26.3 Å². The van der Waals surface area contributed by atoms with E-state index in [2.05, 4.69) is 13.2 Å². The van der Waals surface area contributed by atoms with Crippen LogP contribution in [-0.4, -0.2) is 12.6 Å². The van der Waals surface area contributed by atoms with E-state index in [9.17, 15) is 4.79 Å². The Morgan fingerprint density at radius 1 is 1.67 bits per heavy atom. The minimum absolute atomic E-state index is 0.0795. The lowest BCUT2D eigenvalue weighted by Crippen LogP contribution is -2.47. The maximum Gasteiger partial charge on any atom is 0.312 e. The van der Waals surface area contributed by atoms with E-state index in [0.717, 1.165) is 18.4 Å². The fourth-order valence-electron chi connectivity index (χ4n) is 2.46. The van der Waals surface area contributed by atoms with Crippen LogP contribution in [0.4, 0.5) is 0 Å². The fraction of sp³-hybridized carbons (Fsp3) is 0.615. The van der Waals surface area contributed by atoms with Gasteiger partial charge in [-0.15, -0.1) is 6.58 Å². The van der Waals surface area contributed by atoms with Crippen molar-refractivity contribution in [2.24, 2.45) is 11.3 Å². The average Bonchev–Trinajstić information content (AvgIpc) is 2.11. The van der Waals surface area contributed by atoms with Crippen molar-refractivity contribution >= 4 is 5.97 Å². The Balaban J connectivity index is 2.84. The molecule has 15 heavy (non-hydrogen) atoms. The smallest absolute Gasteiger partial charge is 0.312 e. The molecule has 0 aliphatic heterocycles. The number of allylic oxidation sites excluding steroid dienone is 2. The van der Waals surface area contributed by atoms with Crippen LogP contribution in [0.15, 0.2) is 24.8 Å². The number of carbonyl (C=O) groups is 1. The van der Waals surface area contributed by atoms with Gasteiger partial charge in [0.15, 0.2) is 0 Å². The van der Waals surface area contributed by atoms with Crippen LogP contribution in [0.2, 0.25) is 0 Å². The van der Waals surface area contributed by atoms with E-state index in [-0.39, 0.29) is 17.3 Å². The van der Waals surface area contributed by atoms with Crippen LogP contribution in [0.3, 0.4) is 0 Å². The summed E-state index contributed by atoms with van der Waals surface area (Å²) in [6.07, 6.45) is 4.45. The second-order valence-electron chi connectivity index (χ2n) is 4.31. The van der Waals surface area contributed by atoms with Gasteiger partial charge < -0.3 is 4.74 Å². The van der Waals surface area contributed by atoms with Crippen LogP contribution in [-0.2, 0) is 9.53 Å². The van der Waals surface area contributed by atoms with Crippen molar-refractivity contribution in [2.45, 2.75) is 33.1 Å². The van der Waals surface area contributed by atoms with E-state index < -0.39 is 0 Å². The first-order valence-corrected chi connectivity index (χ1v) is 5.52. The third-order valence-corrected chi connectivity index (χ3v) is 3.33. The Morgan fingerprint density at radius 2 is 2.33 bits per heavy atom. The molecule has 1 rings (SSSR count). The molecular weight excluding hydrogens is 188 g/mol. The van der Waals surface area contributed by atoms with Crippen LogP contribution in [0.1, 0.15) is 33.1 Å². The van der Waals surface area contributed by atoms with Crippen LogP contribution < -0.4 is 0 Å². The highest BCUT2D eigenvalue weighted by molar-refractivity contribution is 5.79. The molecule has 0 unspecified atom stereocenters. The molecule has 0 spiro atoms. The molecule has 0 saturated heterocycles. The molecule has 0 amide bonds. The monoisotopic (exact) mass is 208 g/mol. The summed E-state index contributed by atoms with van der Waals surface area (Å²) in [7, 11) is 0. The standard InChI is InChI=1S/C13H20O2/c1-5-8-13(12(14)15-6-2)9-7-11(13)10(3)4/h5,11H,1,3,6-9H2,2,4H3/t11-,13+/m1/s1. The SMILES string of the molecule is C=CC[C@]1(C(=O)OCC)CC[C@@H]1C(=C)C. The van der Waals surface area contributed by atoms with Gasteiger partial charge in [-0.05, 0) is 39.0 Å². The van der Waals surface area contributed by atoms with E-state index in [4.69, 9.17) is 4.74 Å². The number of hydrogen-bond acceptors (Lipinski definition) is 2. The summed E-state index contributed by atoms with van der Waals surface area (Å²) in [5, 5.41) is 0. The molecule has 1 saturated carbocycles. The number of rotatable bonds is 5. The lowest BCUT2D eigenvalue weighted by Gasteiger charge is -2.47. The summed E-state index contributed by atoms with van der Waals surface area (Å²) in [4.78, 5) is 11.9. The summed E-state index contributed by atoms with van der Waals surface area (Å²) in [6, 6.07) is 0. The Labute approximate surface area is 92.0 Å². The van der Waals surface area contributed by atoms with Gasteiger partial charge >= 0.3 is 5.97 Å². The first-order chi connectivity index (χ1) is 7.08. The Bertz CT molecular complexity index is 280. The number of esters is 1. The van der Waals surface area contributed by atoms with Crippen molar-refractivity contribution in [3.05, 3.63) is 24.8 Å². The largest absolute Gasteiger partial charge is 0.466 e. The second kappa shape index (κ2) is 4.65. The van der Waals surface area contributed by atoms with Crippen molar-refractivity contribution in [2.75, 3.05) is 6.61 Å². The quantitative estimate of drug-likeness (QED) is 0.512. The van der Waals surface area contributed by atoms with E-state index in [1.54, 1.807) is 0 Å². The maximum absolute atomic E-state index is 11.9. The van der Waals surface area contributed by atoms with Crippen LogP contribution in [0.5, 0.6) is 0 Å². The van der Waals surface area contributed by atoms with E-state index >= 15 is 0 Å². The molecule has 1 aliphatic carbocycles. The summed E-state index contributed by atoms with van der Waals surface area (Å²) >= 11 is 0. The molecule has 2 heteroatoms. The highest BCUT2D eigenvalue weighted by Gasteiger charge is 2.52. The molecule has 0 heterocycles. The third-order valence-electron chi connectivity index (χ3n) is 3.33. The Hall–Kier alpha value is -1.05. The van der Waals surface area contributed by atoms with Crippen LogP contribution in [0.25, 0.3) is 0 Å². The summed E-state index contributed by atoms with van der Waals surface area (Å²) in [6.45, 7) is 12.0. The van der Waals surface area contributed by atoms with Crippen molar-refractivity contribution in [1.82, 2.24) is 0 Å². The van der Waals surface area contributed by atoms with Gasteiger partial charge in [0.25, 0.3) is 0 Å². The van der Waals surface area contributed by atoms with Crippen LogP contribution >= 0.6 is 0 Å². The highest BCUT2D eigenvalue weighted by atomic mass is 16.5. The zero-order chi connectivity index (χ0) is 11.5. The second-order valence-corrected chi connectivity index (χ2v) is 4.31. The summed E-state index contributed by atoms with van der Waals surface area (Å²) in [5.41, 5.74) is 0.722. The minimum atomic E-state index is -0.358. The lowest BCUT2D eigenvalue weighted by molar-refractivity contribution is -0.165. The van der Waals surface area contributed by atoms with Crippen molar-refractivity contribution in [3.8, 4) is 0 Å². The molecule has 0 N–H and O–H groups in total. The van der Waals surface area contributed by atoms with Gasteiger partial charge in [0.05, 0.1) is 12.0 Å². The molecular formula is C13H20O2. The van der Waals surface area contributed by atoms with Crippen molar-refractivity contribution < 1.29 is 9.53 Å². The average molecular weight is 208 g/mol. The zero-order valence-corrected chi connectivity index (χ0v) is 9.71. The first kappa shape index (κ1) is 12.0. The number of hydrogen-bond donors (Lipinski definition) is 0. The van der Waals surface area contributed by atoms with Crippen LogP contribution in [0, 0.1) is 11.3 Å². The minimum Gasteiger partial charge on any atom is -0.466 e. The molecule has 0 aromatic carbocycles. The molecule has 0 bridgehead atoms. The van der Waals surface area contributed by atoms with Gasteiger partial charge in [0.1, 0.15) is 0 Å². The van der Waals surface area contributed by atoms with E-state index in [0.29, 0.717) is 13.0 Å². The molecule has 0 aromatic rings. The summed E-state index contributed by atoms with van der Waals surface area (Å²) < 4.78 is 5.15. The molecule has 84 valence electrons. The van der Waals surface area contributed by atoms with Crippen molar-refractivity contribution in [1.29, 1.82) is 0 Å². The highest BCUT2D eigenvalue weighted by Crippen LogP contribution is 2.53. The van der Waals surface area contributed by atoms with Gasteiger partial charge in [-0.3, -0.25) is 4.79 Å². The van der Waals surface area contributed by atoms with Crippen molar-refractivity contribution in [3.63, 3.8) is 0 Å². The molecule has 2 atom stereocenters. The molecule has 0 aromatic heterocycles. The Kier molecular flexibility index (Phi) is 3.72. The molecule has 0 radical (unpaired) electrons. The number of ether oxygens (including phenoxy) is 1. The summed E-state index contributed by atoms with van der Waals surface area (Å²) in [5.74, 6) is 0.193. The number of carbonyl (C=O) groups excluding carboxylic acids is 1. The molecule has 2 nitrogen and oxygen atoms in total. The fourth-order valence-corrected chi connectivity index (χ4v) is 2.46. The molecule has 1 fully saturated rings. The molecule has 1 aliphatic rings. The van der Waals surface area contributed by atoms with E-state index in [1.165, 1.54) is 0 Å². The Morgan fingerprint density at radius 3 is 2.67 bits per heavy atom. The van der Waals surface area contributed by atoms with Gasteiger partial charge in [0, 0.05) is 0 Å². The maximum atomic E-state index is 11.9. The predicted octanol–water partition coefficient (Wildman–Crippen LogP) is 3.10. The van der Waals surface area contributed by atoms with Gasteiger partial charge in [-0.2, -0.15) is 0 Å². The predicted molar refractivity (Wildman–Crippen MR) is 61.4 cm³/mol. The first-order valence-electron chi connectivity index (χ1n) is 5.52. The van der Waals surface area contributed by atoms with E-state index in [1.807, 2.05) is 19.9 Å². The van der Waals surface area contributed by atoms with Gasteiger partial charge in [0.2, 0.25) is 0 Å². The van der Waals surface area contributed by atoms with Gasteiger partial charge in [-0.25, -0.2) is 0 Å². The lowest BCUT2D eigenvalue weighted by atomic mass is 9.56. The van der Waals surface area contributed by atoms with Gasteiger partial charge in [-0.1, -0.05) is 18.2 Å². The third kappa shape index (κ3) is 1.99.